The largest absolute Gasteiger partial charge is 0.481 e. The maximum absolute atomic E-state index is 12.2. The number of hydrogen-bond donors (Lipinski definition) is 2. The minimum Gasteiger partial charge on any atom is -0.481 e. The Bertz CT molecular complexity index is 522. The lowest BCUT2D eigenvalue weighted by Gasteiger charge is -2.25. The molecule has 1 fully saturated rings. The minimum absolute atomic E-state index is 0.0122. The predicted molar refractivity (Wildman–Crippen MR) is 85.6 cm³/mol. The van der Waals surface area contributed by atoms with E-state index in [4.69, 9.17) is 5.11 Å². The summed E-state index contributed by atoms with van der Waals surface area (Å²) in [4.78, 5) is 23.1. The zero-order valence-corrected chi connectivity index (χ0v) is 13.5. The fraction of sp³-hybridized carbons (Fsp3) is 0.467. The lowest BCUT2D eigenvalue weighted by Crippen LogP contribution is -2.29. The van der Waals surface area contributed by atoms with Crippen LogP contribution >= 0.6 is 22.6 Å². The molecule has 0 radical (unpaired) electrons. The van der Waals surface area contributed by atoms with Gasteiger partial charge in [-0.2, -0.15) is 0 Å². The molecule has 0 aliphatic heterocycles. The zero-order valence-electron chi connectivity index (χ0n) is 11.4. The highest BCUT2D eigenvalue weighted by Crippen LogP contribution is 2.30. The summed E-state index contributed by atoms with van der Waals surface area (Å²) >= 11 is 2.24. The van der Waals surface area contributed by atoms with Gasteiger partial charge < -0.3 is 10.4 Å². The number of carboxylic acids is 1. The number of carbonyl (C=O) groups is 2. The van der Waals surface area contributed by atoms with Gasteiger partial charge in [0.1, 0.15) is 0 Å². The molecule has 4 nitrogen and oxygen atoms in total. The highest BCUT2D eigenvalue weighted by atomic mass is 127. The van der Waals surface area contributed by atoms with Gasteiger partial charge >= 0.3 is 5.97 Å². The Hall–Kier alpha value is -1.11. The van der Waals surface area contributed by atoms with Crippen LogP contribution in [0.15, 0.2) is 18.2 Å². The molecular formula is C15H18INO3. The Morgan fingerprint density at radius 3 is 2.35 bits per heavy atom. The molecule has 1 aromatic rings. The van der Waals surface area contributed by atoms with E-state index in [-0.39, 0.29) is 17.7 Å². The molecule has 0 saturated heterocycles. The van der Waals surface area contributed by atoms with Crippen LogP contribution in [-0.2, 0) is 9.59 Å². The average Bonchev–Trinajstić information content (AvgIpc) is 2.42. The van der Waals surface area contributed by atoms with Crippen molar-refractivity contribution in [2.24, 2.45) is 11.8 Å². The number of halogens is 1. The summed E-state index contributed by atoms with van der Waals surface area (Å²) in [5.74, 6) is -1.07. The summed E-state index contributed by atoms with van der Waals surface area (Å²) < 4.78 is 1.14. The maximum Gasteiger partial charge on any atom is 0.306 e. The molecule has 1 amide bonds. The summed E-state index contributed by atoms with van der Waals surface area (Å²) in [5, 5.41) is 11.9. The Kier molecular flexibility index (Phi) is 5.01. The van der Waals surface area contributed by atoms with Crippen molar-refractivity contribution in [2.45, 2.75) is 32.6 Å². The molecule has 2 N–H and O–H groups in total. The third-order valence-electron chi connectivity index (χ3n) is 3.89. The molecule has 2 rings (SSSR count). The van der Waals surface area contributed by atoms with E-state index in [9.17, 15) is 9.59 Å². The van der Waals surface area contributed by atoms with E-state index in [1.807, 2.05) is 25.1 Å². The van der Waals surface area contributed by atoms with Crippen molar-refractivity contribution in [1.82, 2.24) is 0 Å². The molecule has 0 heterocycles. The molecule has 0 aromatic heterocycles. The first-order chi connectivity index (χ1) is 9.47. The number of aryl methyl sites for hydroxylation is 1. The van der Waals surface area contributed by atoms with Crippen LogP contribution in [0.4, 0.5) is 5.69 Å². The van der Waals surface area contributed by atoms with E-state index in [1.165, 1.54) is 0 Å². The molecule has 0 atom stereocenters. The fourth-order valence-electron chi connectivity index (χ4n) is 2.60. The van der Waals surface area contributed by atoms with Gasteiger partial charge in [0.15, 0.2) is 0 Å². The Labute approximate surface area is 132 Å². The molecule has 1 aliphatic carbocycles. The van der Waals surface area contributed by atoms with Crippen molar-refractivity contribution < 1.29 is 14.7 Å². The van der Waals surface area contributed by atoms with Gasteiger partial charge in [-0.25, -0.2) is 0 Å². The van der Waals surface area contributed by atoms with Crippen LogP contribution in [0.1, 0.15) is 31.2 Å². The molecule has 5 heteroatoms. The number of rotatable bonds is 3. The van der Waals surface area contributed by atoms with Gasteiger partial charge in [0.2, 0.25) is 5.91 Å². The van der Waals surface area contributed by atoms with Gasteiger partial charge in [0.25, 0.3) is 0 Å². The molecule has 0 spiro atoms. The van der Waals surface area contributed by atoms with E-state index in [1.54, 1.807) is 0 Å². The lowest BCUT2D eigenvalue weighted by molar-refractivity contribution is -0.143. The summed E-state index contributed by atoms with van der Waals surface area (Å²) in [7, 11) is 0. The summed E-state index contributed by atoms with van der Waals surface area (Å²) in [6.07, 6.45) is 2.51. The lowest BCUT2D eigenvalue weighted by atomic mass is 9.81. The second-order valence-electron chi connectivity index (χ2n) is 5.34. The van der Waals surface area contributed by atoms with E-state index in [0.29, 0.717) is 25.7 Å². The summed E-state index contributed by atoms with van der Waals surface area (Å²) in [5.41, 5.74) is 1.89. The van der Waals surface area contributed by atoms with E-state index in [2.05, 4.69) is 27.9 Å². The van der Waals surface area contributed by atoms with Crippen LogP contribution < -0.4 is 5.32 Å². The first-order valence-corrected chi connectivity index (χ1v) is 7.85. The van der Waals surface area contributed by atoms with Crippen molar-refractivity contribution in [3.8, 4) is 0 Å². The number of amides is 1. The van der Waals surface area contributed by atoms with Crippen LogP contribution in [0.3, 0.4) is 0 Å². The summed E-state index contributed by atoms with van der Waals surface area (Å²) in [6, 6.07) is 5.90. The van der Waals surface area contributed by atoms with Gasteiger partial charge in [0, 0.05) is 15.2 Å². The topological polar surface area (TPSA) is 66.4 Å². The predicted octanol–water partition coefficient (Wildman–Crippen LogP) is 3.43. The fourth-order valence-corrected chi connectivity index (χ4v) is 3.25. The molecule has 108 valence electrons. The van der Waals surface area contributed by atoms with Crippen molar-refractivity contribution in [1.29, 1.82) is 0 Å². The van der Waals surface area contributed by atoms with Gasteiger partial charge in [-0.3, -0.25) is 9.59 Å². The number of aliphatic carboxylic acids is 1. The second-order valence-corrected chi connectivity index (χ2v) is 6.58. The van der Waals surface area contributed by atoms with Gasteiger partial charge in [-0.1, -0.05) is 0 Å². The Balaban J connectivity index is 1.94. The normalized spacial score (nSPS) is 22.3. The average molecular weight is 387 g/mol. The first-order valence-electron chi connectivity index (χ1n) is 6.77. The van der Waals surface area contributed by atoms with Crippen LogP contribution in [-0.4, -0.2) is 17.0 Å². The maximum atomic E-state index is 12.2. The Morgan fingerprint density at radius 2 is 1.80 bits per heavy atom. The quantitative estimate of drug-likeness (QED) is 0.782. The van der Waals surface area contributed by atoms with Gasteiger partial charge in [-0.15, -0.1) is 0 Å². The number of nitrogens with one attached hydrogen (secondary N) is 1. The summed E-state index contributed by atoms with van der Waals surface area (Å²) in [6.45, 7) is 1.97. The van der Waals surface area contributed by atoms with Crippen molar-refractivity contribution in [3.05, 3.63) is 27.3 Å². The number of benzene rings is 1. The highest BCUT2D eigenvalue weighted by molar-refractivity contribution is 14.1. The third kappa shape index (κ3) is 3.71. The molecule has 1 aliphatic rings. The number of carbonyl (C=O) groups excluding carboxylic acids is 1. The Morgan fingerprint density at radius 1 is 1.20 bits per heavy atom. The number of carboxylic acid groups (broad SMARTS) is 1. The standard InChI is InChI=1S/C15H18INO3/c1-9-8-12(16)6-7-13(9)17-14(18)10-2-4-11(5-3-10)15(19)20/h6-8,10-11H,2-5H2,1H3,(H,17,18)(H,19,20). The van der Waals surface area contributed by atoms with Crippen molar-refractivity contribution in [3.63, 3.8) is 0 Å². The number of hydrogen-bond acceptors (Lipinski definition) is 2. The van der Waals surface area contributed by atoms with Crippen LogP contribution in [0.25, 0.3) is 0 Å². The number of anilines is 1. The van der Waals surface area contributed by atoms with Crippen molar-refractivity contribution in [2.75, 3.05) is 5.32 Å². The monoisotopic (exact) mass is 387 g/mol. The van der Waals surface area contributed by atoms with Gasteiger partial charge in [-0.05, 0) is 79.0 Å². The molecule has 1 aromatic carbocycles. The molecule has 0 unspecified atom stereocenters. The first kappa shape index (κ1) is 15.3. The van der Waals surface area contributed by atoms with E-state index >= 15 is 0 Å². The van der Waals surface area contributed by atoms with Crippen LogP contribution in [0, 0.1) is 22.3 Å². The third-order valence-corrected chi connectivity index (χ3v) is 4.56. The van der Waals surface area contributed by atoms with Crippen LogP contribution in [0.5, 0.6) is 0 Å². The smallest absolute Gasteiger partial charge is 0.306 e. The second kappa shape index (κ2) is 6.56. The minimum atomic E-state index is -0.739. The van der Waals surface area contributed by atoms with Crippen LogP contribution in [0.2, 0.25) is 0 Å². The molecular weight excluding hydrogens is 369 g/mol. The van der Waals surface area contributed by atoms with E-state index < -0.39 is 5.97 Å². The molecule has 1 saturated carbocycles. The zero-order chi connectivity index (χ0) is 14.7. The van der Waals surface area contributed by atoms with Crippen molar-refractivity contribution >= 4 is 40.2 Å². The molecule has 0 bridgehead atoms. The van der Waals surface area contributed by atoms with E-state index in [0.717, 1.165) is 14.8 Å². The highest BCUT2D eigenvalue weighted by Gasteiger charge is 2.29. The van der Waals surface area contributed by atoms with Gasteiger partial charge in [0.05, 0.1) is 5.92 Å². The SMILES string of the molecule is Cc1cc(I)ccc1NC(=O)C1CCC(C(=O)O)CC1. The molecule has 20 heavy (non-hydrogen) atoms.